The van der Waals surface area contributed by atoms with Gasteiger partial charge in [-0.25, -0.2) is 0 Å². The molecule has 1 aromatic rings. The topological polar surface area (TPSA) is 52.5 Å². The Labute approximate surface area is 132 Å². The molecule has 3 nitrogen and oxygen atoms in total. The summed E-state index contributed by atoms with van der Waals surface area (Å²) in [5.74, 6) is 1.53. The van der Waals surface area contributed by atoms with Gasteiger partial charge in [0.15, 0.2) is 11.5 Å². The number of hydrogen-bond donors (Lipinski definition) is 3. The molecule has 0 bridgehead atoms. The minimum atomic E-state index is 0.0196. The SMILES string of the molecule is Oc1ccc2c(c1O)CC(CC1CCCC1)C1=C2CNCC1. The zero-order chi connectivity index (χ0) is 15.1. The predicted molar refractivity (Wildman–Crippen MR) is 87.9 cm³/mol. The van der Waals surface area contributed by atoms with Crippen LogP contribution in [0.4, 0.5) is 0 Å². The third-order valence-electron chi connectivity index (χ3n) is 5.88. The van der Waals surface area contributed by atoms with Crippen LogP contribution in [0.1, 0.15) is 49.7 Å². The second kappa shape index (κ2) is 5.62. The quantitative estimate of drug-likeness (QED) is 0.731. The first-order valence-corrected chi connectivity index (χ1v) is 8.71. The van der Waals surface area contributed by atoms with E-state index in [1.54, 1.807) is 11.6 Å². The Kier molecular flexibility index (Phi) is 3.61. The Balaban J connectivity index is 1.73. The number of nitrogens with one attached hydrogen (secondary N) is 1. The summed E-state index contributed by atoms with van der Waals surface area (Å²) in [4.78, 5) is 0. The fourth-order valence-electron chi connectivity index (χ4n) is 4.78. The first kappa shape index (κ1) is 14.1. The Morgan fingerprint density at radius 3 is 2.77 bits per heavy atom. The van der Waals surface area contributed by atoms with Crippen molar-refractivity contribution < 1.29 is 10.2 Å². The molecule has 1 aliphatic heterocycles. The maximum Gasteiger partial charge on any atom is 0.161 e. The zero-order valence-electron chi connectivity index (χ0n) is 13.1. The second-order valence-electron chi connectivity index (χ2n) is 7.18. The zero-order valence-corrected chi connectivity index (χ0v) is 13.1. The van der Waals surface area contributed by atoms with Crippen molar-refractivity contribution in [3.8, 4) is 11.5 Å². The first-order valence-electron chi connectivity index (χ1n) is 8.71. The van der Waals surface area contributed by atoms with Gasteiger partial charge in [0.25, 0.3) is 0 Å². The molecule has 0 spiro atoms. The summed E-state index contributed by atoms with van der Waals surface area (Å²) in [6, 6.07) is 3.61. The third-order valence-corrected chi connectivity index (χ3v) is 5.88. The van der Waals surface area contributed by atoms with E-state index in [-0.39, 0.29) is 11.5 Å². The highest BCUT2D eigenvalue weighted by Gasteiger charge is 2.32. The molecular formula is C19H25NO2. The minimum Gasteiger partial charge on any atom is -0.504 e. The third kappa shape index (κ3) is 2.32. The Morgan fingerprint density at radius 2 is 1.95 bits per heavy atom. The molecule has 3 aliphatic rings. The molecule has 118 valence electrons. The molecular weight excluding hydrogens is 274 g/mol. The maximum atomic E-state index is 10.3. The van der Waals surface area contributed by atoms with Crippen LogP contribution < -0.4 is 5.32 Å². The van der Waals surface area contributed by atoms with Crippen molar-refractivity contribution in [2.45, 2.75) is 44.9 Å². The Bertz CT molecular complexity index is 614. The lowest BCUT2D eigenvalue weighted by atomic mass is 9.72. The number of aromatic hydroxyl groups is 2. The van der Waals surface area contributed by atoms with Crippen LogP contribution >= 0.6 is 0 Å². The molecule has 3 N–H and O–H groups in total. The molecule has 1 unspecified atom stereocenters. The van der Waals surface area contributed by atoms with Crippen LogP contribution in [-0.4, -0.2) is 23.3 Å². The summed E-state index contributed by atoms with van der Waals surface area (Å²) in [6.45, 7) is 1.97. The normalized spacial score (nSPS) is 25.2. The molecule has 22 heavy (non-hydrogen) atoms. The van der Waals surface area contributed by atoms with E-state index in [9.17, 15) is 10.2 Å². The van der Waals surface area contributed by atoms with Crippen LogP contribution in [0.15, 0.2) is 17.7 Å². The smallest absolute Gasteiger partial charge is 0.161 e. The number of phenols is 2. The van der Waals surface area contributed by atoms with Crippen molar-refractivity contribution in [1.82, 2.24) is 5.32 Å². The summed E-state index contributed by atoms with van der Waals surface area (Å²) in [6.07, 6.45) is 8.79. The molecule has 4 rings (SSSR count). The summed E-state index contributed by atoms with van der Waals surface area (Å²) in [7, 11) is 0. The van der Waals surface area contributed by atoms with Gasteiger partial charge in [-0.2, -0.15) is 0 Å². The molecule has 0 radical (unpaired) electrons. The van der Waals surface area contributed by atoms with Gasteiger partial charge >= 0.3 is 0 Å². The van der Waals surface area contributed by atoms with E-state index in [0.29, 0.717) is 5.92 Å². The lowest BCUT2D eigenvalue weighted by Crippen LogP contribution is -2.31. The second-order valence-corrected chi connectivity index (χ2v) is 7.18. The highest BCUT2D eigenvalue weighted by Crippen LogP contribution is 2.46. The van der Waals surface area contributed by atoms with Crippen LogP contribution in [-0.2, 0) is 6.42 Å². The van der Waals surface area contributed by atoms with E-state index >= 15 is 0 Å². The van der Waals surface area contributed by atoms with E-state index in [1.165, 1.54) is 37.7 Å². The standard InChI is InChI=1S/C19H25NO2/c21-18-6-5-15-16(19(18)22)10-13(9-12-3-1-2-4-12)14-7-8-20-11-17(14)15/h5-6,12-13,20-22H,1-4,7-11H2. The van der Waals surface area contributed by atoms with Crippen molar-refractivity contribution in [1.29, 1.82) is 0 Å². The van der Waals surface area contributed by atoms with Gasteiger partial charge in [0, 0.05) is 12.1 Å². The fourth-order valence-corrected chi connectivity index (χ4v) is 4.78. The highest BCUT2D eigenvalue weighted by molar-refractivity contribution is 5.78. The largest absolute Gasteiger partial charge is 0.504 e. The van der Waals surface area contributed by atoms with Gasteiger partial charge in [0.1, 0.15) is 0 Å². The number of benzene rings is 1. The molecule has 0 aromatic heterocycles. The van der Waals surface area contributed by atoms with E-state index in [4.69, 9.17) is 0 Å². The summed E-state index contributed by atoms with van der Waals surface area (Å²) in [5, 5.41) is 23.7. The van der Waals surface area contributed by atoms with Gasteiger partial charge in [-0.1, -0.05) is 37.3 Å². The van der Waals surface area contributed by atoms with Gasteiger partial charge in [0.2, 0.25) is 0 Å². The van der Waals surface area contributed by atoms with Crippen molar-refractivity contribution in [2.24, 2.45) is 11.8 Å². The fraction of sp³-hybridized carbons (Fsp3) is 0.579. The first-order chi connectivity index (χ1) is 10.7. The molecule has 1 heterocycles. The molecule has 2 aliphatic carbocycles. The van der Waals surface area contributed by atoms with Crippen LogP contribution in [0, 0.1) is 11.8 Å². The summed E-state index contributed by atoms with van der Waals surface area (Å²) < 4.78 is 0. The van der Waals surface area contributed by atoms with E-state index in [0.717, 1.165) is 43.0 Å². The van der Waals surface area contributed by atoms with Gasteiger partial charge < -0.3 is 15.5 Å². The van der Waals surface area contributed by atoms with E-state index in [1.807, 2.05) is 6.07 Å². The van der Waals surface area contributed by atoms with E-state index in [2.05, 4.69) is 5.32 Å². The molecule has 3 heteroatoms. The van der Waals surface area contributed by atoms with Gasteiger partial charge in [0.05, 0.1) is 0 Å². The lowest BCUT2D eigenvalue weighted by molar-refractivity contribution is 0.375. The van der Waals surface area contributed by atoms with Crippen LogP contribution in [0.25, 0.3) is 5.57 Å². The summed E-state index contributed by atoms with van der Waals surface area (Å²) >= 11 is 0. The van der Waals surface area contributed by atoms with Gasteiger partial charge in [-0.3, -0.25) is 0 Å². The Hall–Kier alpha value is -1.48. The average molecular weight is 299 g/mol. The number of phenolic OH excluding ortho intramolecular Hbond substituents is 2. The van der Waals surface area contributed by atoms with Gasteiger partial charge in [-0.05, 0) is 54.8 Å². The van der Waals surface area contributed by atoms with Crippen LogP contribution in [0.3, 0.4) is 0 Å². The molecule has 1 fully saturated rings. The summed E-state index contributed by atoms with van der Waals surface area (Å²) in [5.41, 5.74) is 5.11. The van der Waals surface area contributed by atoms with Gasteiger partial charge in [-0.15, -0.1) is 0 Å². The van der Waals surface area contributed by atoms with Crippen molar-refractivity contribution in [3.63, 3.8) is 0 Å². The van der Waals surface area contributed by atoms with Crippen molar-refractivity contribution in [3.05, 3.63) is 28.8 Å². The van der Waals surface area contributed by atoms with Crippen LogP contribution in [0.2, 0.25) is 0 Å². The number of hydrogen-bond acceptors (Lipinski definition) is 3. The monoisotopic (exact) mass is 299 g/mol. The maximum absolute atomic E-state index is 10.3. The van der Waals surface area contributed by atoms with Crippen molar-refractivity contribution in [2.75, 3.05) is 13.1 Å². The molecule has 1 aromatic carbocycles. The minimum absolute atomic E-state index is 0.0196. The van der Waals surface area contributed by atoms with E-state index < -0.39 is 0 Å². The lowest BCUT2D eigenvalue weighted by Gasteiger charge is -2.35. The molecule has 1 saturated carbocycles. The number of fused-ring (bicyclic) bond motifs is 2. The molecule has 0 saturated heterocycles. The highest BCUT2D eigenvalue weighted by atomic mass is 16.3. The average Bonchev–Trinajstić information content (AvgIpc) is 3.04. The molecule has 0 amide bonds. The predicted octanol–water partition coefficient (Wildman–Crippen LogP) is 3.60. The molecule has 1 atom stereocenters. The number of rotatable bonds is 2. The van der Waals surface area contributed by atoms with Crippen molar-refractivity contribution >= 4 is 5.57 Å². The Morgan fingerprint density at radius 1 is 1.14 bits per heavy atom. The van der Waals surface area contributed by atoms with Crippen LogP contribution in [0.5, 0.6) is 11.5 Å².